The van der Waals surface area contributed by atoms with Crippen molar-refractivity contribution in [2.24, 2.45) is 0 Å². The molecule has 0 aromatic rings. The average molecular weight is 326 g/mol. The Morgan fingerprint density at radius 3 is 2.64 bits per heavy atom. The van der Waals surface area contributed by atoms with Gasteiger partial charge in [0.05, 0.1) is 3.51 Å². The predicted octanol–water partition coefficient (Wildman–Crippen LogP) is 1.56. The van der Waals surface area contributed by atoms with E-state index in [9.17, 15) is 13.2 Å². The number of carbonyl (C=O) groups excluding carboxylic acids is 1. The molecule has 0 N–H and O–H groups in total. The average Bonchev–Trinajstić information content (AvgIpc) is 2.07. The largest absolute Gasteiger partial charge is 0.294 e. The Morgan fingerprint density at radius 2 is 2.14 bits per heavy atom. The van der Waals surface area contributed by atoms with Crippen molar-refractivity contribution >= 4 is 39.9 Å². The highest BCUT2D eigenvalue weighted by Gasteiger charge is 2.21. The zero-order chi connectivity index (χ0) is 10.8. The van der Waals surface area contributed by atoms with Gasteiger partial charge in [-0.05, 0) is 16.6 Å². The van der Waals surface area contributed by atoms with Crippen LogP contribution in [0.25, 0.3) is 0 Å². The van der Waals surface area contributed by atoms with E-state index < -0.39 is 30.6 Å². The van der Waals surface area contributed by atoms with Gasteiger partial charge in [-0.25, -0.2) is 8.42 Å². The summed E-state index contributed by atoms with van der Waals surface area (Å²) in [5.74, 6) is 0.0742. The van der Waals surface area contributed by atoms with Crippen LogP contribution in [0, 0.1) is 0 Å². The van der Waals surface area contributed by atoms with Crippen LogP contribution >= 0.6 is 20.7 Å². The fraction of sp³-hybridized carbons (Fsp3) is 0.333. The quantitative estimate of drug-likeness (QED) is 0.724. The van der Waals surface area contributed by atoms with Gasteiger partial charge in [-0.3, -0.25) is 4.79 Å². The van der Waals surface area contributed by atoms with Crippen LogP contribution in [0.5, 0.6) is 0 Å². The Balaban J connectivity index is 3.16. The van der Waals surface area contributed by atoms with Crippen molar-refractivity contribution in [2.75, 3.05) is 6.26 Å². The maximum absolute atomic E-state index is 11.4. The fourth-order valence-corrected chi connectivity index (χ4v) is 3.78. The zero-order valence-electron chi connectivity index (χ0n) is 7.79. The van der Waals surface area contributed by atoms with Crippen LogP contribution in [0.15, 0.2) is 21.6 Å². The maximum Gasteiger partial charge on any atom is 0.171 e. The molecule has 0 amide bonds. The Kier molecular flexibility index (Phi) is 3.77. The summed E-state index contributed by atoms with van der Waals surface area (Å²) >= 11 is -0.519. The Hall–Kier alpha value is -0.300. The first-order valence-electron chi connectivity index (χ1n) is 4.00. The lowest BCUT2D eigenvalue weighted by Gasteiger charge is -2.11. The zero-order valence-corrected chi connectivity index (χ0v) is 10.8. The van der Waals surface area contributed by atoms with Gasteiger partial charge in [0.15, 0.2) is 15.6 Å². The van der Waals surface area contributed by atoms with Gasteiger partial charge in [0.25, 0.3) is 0 Å². The molecule has 0 heterocycles. The first-order chi connectivity index (χ1) is 6.45. The Morgan fingerprint density at radius 1 is 1.50 bits per heavy atom. The highest BCUT2D eigenvalue weighted by atomic mass is 127. The van der Waals surface area contributed by atoms with Crippen LogP contribution in [0.3, 0.4) is 0 Å². The Bertz CT molecular complexity index is 429. The summed E-state index contributed by atoms with van der Waals surface area (Å²) in [6, 6.07) is 0. The third-order valence-electron chi connectivity index (χ3n) is 1.82. The van der Waals surface area contributed by atoms with E-state index in [-0.39, 0.29) is 5.78 Å². The van der Waals surface area contributed by atoms with Gasteiger partial charge in [-0.1, -0.05) is 27.3 Å². The highest BCUT2D eigenvalue weighted by molar-refractivity contribution is 14.2. The molecule has 0 bridgehead atoms. The van der Waals surface area contributed by atoms with E-state index in [4.69, 9.17) is 0 Å². The van der Waals surface area contributed by atoms with E-state index in [0.29, 0.717) is 21.3 Å². The minimum absolute atomic E-state index is 0.0742. The molecule has 0 spiro atoms. The van der Waals surface area contributed by atoms with Crippen molar-refractivity contribution in [3.05, 3.63) is 21.6 Å². The SMILES string of the molecule is C=CI=C1C=C(S(C)(=O)=O)CCC1=O. The fourth-order valence-electron chi connectivity index (χ4n) is 1.12. The number of sulfone groups is 1. The summed E-state index contributed by atoms with van der Waals surface area (Å²) in [6.07, 6.45) is 3.39. The van der Waals surface area contributed by atoms with Crippen LogP contribution in [0.4, 0.5) is 0 Å². The lowest BCUT2D eigenvalue weighted by molar-refractivity contribution is -0.112. The molecule has 1 rings (SSSR count). The molecule has 5 heteroatoms. The second-order valence-corrected chi connectivity index (χ2v) is 7.65. The summed E-state index contributed by atoms with van der Waals surface area (Å²) in [5, 5.41) is 0. The van der Waals surface area contributed by atoms with Gasteiger partial charge in [0.1, 0.15) is 0 Å². The second kappa shape index (κ2) is 4.48. The standard InChI is InChI=1S/C9H11IO3S/c1-3-10-8-6-7(14(2,12)13)4-5-9(8)11/h3,6H,1,4-5H2,2H3. The first kappa shape index (κ1) is 11.8. The number of hydrogen-bond donors (Lipinski definition) is 0. The third kappa shape index (κ3) is 2.84. The van der Waals surface area contributed by atoms with E-state index >= 15 is 0 Å². The van der Waals surface area contributed by atoms with Crippen LogP contribution in [-0.2, 0) is 14.6 Å². The van der Waals surface area contributed by atoms with Gasteiger partial charge < -0.3 is 0 Å². The van der Waals surface area contributed by atoms with E-state index in [2.05, 4.69) is 6.58 Å². The smallest absolute Gasteiger partial charge is 0.171 e. The summed E-state index contributed by atoms with van der Waals surface area (Å²) in [6.45, 7) is 3.57. The molecule has 0 radical (unpaired) electrons. The highest BCUT2D eigenvalue weighted by Crippen LogP contribution is 2.21. The van der Waals surface area contributed by atoms with Crippen molar-refractivity contribution in [1.82, 2.24) is 0 Å². The molecule has 0 saturated heterocycles. The van der Waals surface area contributed by atoms with Gasteiger partial charge >= 0.3 is 0 Å². The van der Waals surface area contributed by atoms with Gasteiger partial charge in [0, 0.05) is 17.6 Å². The summed E-state index contributed by atoms with van der Waals surface area (Å²) in [4.78, 5) is 11.7. The number of ketones is 1. The minimum atomic E-state index is -3.13. The summed E-state index contributed by atoms with van der Waals surface area (Å²) in [7, 11) is -3.13. The first-order valence-corrected chi connectivity index (χ1v) is 8.22. The van der Waals surface area contributed by atoms with Gasteiger partial charge in [-0.2, -0.15) is 0 Å². The van der Waals surface area contributed by atoms with Crippen LogP contribution in [0.2, 0.25) is 0 Å². The molecule has 1 aliphatic carbocycles. The molecule has 14 heavy (non-hydrogen) atoms. The van der Waals surface area contributed by atoms with Crippen molar-refractivity contribution in [3.63, 3.8) is 0 Å². The van der Waals surface area contributed by atoms with Crippen LogP contribution < -0.4 is 0 Å². The van der Waals surface area contributed by atoms with Crippen molar-refractivity contribution in [2.45, 2.75) is 12.8 Å². The molecular weight excluding hydrogens is 315 g/mol. The molecule has 0 aliphatic heterocycles. The molecular formula is C9H11IO3S. The monoisotopic (exact) mass is 326 g/mol. The minimum Gasteiger partial charge on any atom is -0.294 e. The third-order valence-corrected chi connectivity index (χ3v) is 5.12. The molecule has 0 aromatic carbocycles. The molecule has 1 aliphatic rings. The molecule has 78 valence electrons. The van der Waals surface area contributed by atoms with Crippen LogP contribution in [0.1, 0.15) is 12.8 Å². The normalized spacial score (nSPS) is 21.4. The molecule has 0 aromatic heterocycles. The Labute approximate surface area is 93.6 Å². The van der Waals surface area contributed by atoms with Crippen LogP contribution in [-0.4, -0.2) is 24.0 Å². The number of carbonyl (C=O) groups is 1. The van der Waals surface area contributed by atoms with Gasteiger partial charge in [-0.15, -0.1) is 0 Å². The number of rotatable bonds is 2. The summed E-state index contributed by atoms with van der Waals surface area (Å²) in [5.41, 5.74) is 0. The summed E-state index contributed by atoms with van der Waals surface area (Å²) < 4.78 is 24.8. The van der Waals surface area contributed by atoms with Crippen molar-refractivity contribution < 1.29 is 13.2 Å². The number of Topliss-reactive ketones (excluding diaryl/α,β-unsaturated/α-hetero) is 1. The van der Waals surface area contributed by atoms with Crippen molar-refractivity contribution in [3.8, 4) is 0 Å². The van der Waals surface area contributed by atoms with E-state index in [1.165, 1.54) is 12.3 Å². The van der Waals surface area contributed by atoms with E-state index in [1.54, 1.807) is 4.08 Å². The van der Waals surface area contributed by atoms with Gasteiger partial charge in [0.2, 0.25) is 0 Å². The van der Waals surface area contributed by atoms with E-state index in [1.807, 2.05) is 0 Å². The molecule has 0 saturated carbocycles. The molecule has 3 nitrogen and oxygen atoms in total. The number of halogens is 1. The van der Waals surface area contributed by atoms with E-state index in [0.717, 1.165) is 0 Å². The second-order valence-electron chi connectivity index (χ2n) is 2.92. The molecule has 0 fully saturated rings. The lowest BCUT2D eigenvalue weighted by atomic mass is 10.1. The number of hydrogen-bond acceptors (Lipinski definition) is 3. The maximum atomic E-state index is 11.4. The van der Waals surface area contributed by atoms with Crippen molar-refractivity contribution in [1.29, 1.82) is 0 Å². The predicted molar refractivity (Wildman–Crippen MR) is 66.4 cm³/mol. The lowest BCUT2D eigenvalue weighted by Crippen LogP contribution is -2.18. The molecule has 0 unspecified atom stereocenters. The topological polar surface area (TPSA) is 51.2 Å². The molecule has 0 atom stereocenters. The number of allylic oxidation sites excluding steroid dienone is 2.